The van der Waals surface area contributed by atoms with Crippen LogP contribution >= 0.6 is 0 Å². The van der Waals surface area contributed by atoms with Gasteiger partial charge in [-0.1, -0.05) is 266 Å². The summed E-state index contributed by atoms with van der Waals surface area (Å²) in [6.45, 7) is 71.1. The average Bonchev–Trinajstić information content (AvgIpc) is 1.46. The van der Waals surface area contributed by atoms with Gasteiger partial charge in [-0.15, -0.1) is 0 Å². The summed E-state index contributed by atoms with van der Waals surface area (Å²) in [5.74, 6) is 6.63. The summed E-state index contributed by atoms with van der Waals surface area (Å²) >= 11 is 0. The Balaban J connectivity index is 0.851. The van der Waals surface area contributed by atoms with Crippen molar-refractivity contribution >= 4 is 56.0 Å². The fraction of sp³-hybridized carbons (Fsp3) is 0.443. The Hall–Kier alpha value is -9.92. The van der Waals surface area contributed by atoms with Crippen molar-refractivity contribution in [1.82, 2.24) is 29.9 Å². The maximum absolute atomic E-state index is 6.80. The number of allylic oxidation sites excluding steroid dienone is 2. The second-order valence-electron chi connectivity index (χ2n) is 48.1. The maximum Gasteiger partial charge on any atom is 0.130 e. The predicted octanol–water partition coefficient (Wildman–Crippen LogP) is 30.1. The van der Waals surface area contributed by atoms with E-state index < -0.39 is 0 Å². The van der Waals surface area contributed by atoms with Gasteiger partial charge in [0.2, 0.25) is 0 Å². The van der Waals surface area contributed by atoms with Crippen molar-refractivity contribution in [3.05, 3.63) is 235 Å². The van der Waals surface area contributed by atoms with Crippen LogP contribution in [0.2, 0.25) is 0 Å². The Bertz CT molecular complexity index is 6270. The minimum atomic E-state index is -0.213. The molecule has 10 aliphatic rings. The molecule has 0 radical (unpaired) electrons. The van der Waals surface area contributed by atoms with Crippen LogP contribution in [0.3, 0.4) is 0 Å². The number of H-pyrrole nitrogens is 2. The number of nitrogens with one attached hydrogen (secondary N) is 2. The van der Waals surface area contributed by atoms with E-state index in [4.69, 9.17) is 29.4 Å². The predicted molar refractivity (Wildman–Crippen MR) is 515 cm³/mol. The number of rotatable bonds is 6. The zero-order chi connectivity index (χ0) is 87.2. The number of hydrogen-bond donors (Lipinski definition) is 2. The molecule has 14 bridgehead atoms. The Labute approximate surface area is 731 Å². The fourth-order valence-electron chi connectivity index (χ4n) is 26.1. The molecule has 0 saturated heterocycles. The first-order chi connectivity index (χ1) is 57.5. The fourth-order valence-corrected chi connectivity index (χ4v) is 26.1. The van der Waals surface area contributed by atoms with Crippen LogP contribution in [0.4, 0.5) is 0 Å². The SMILES string of the molecule is C=C1C(=C)[C@@H]2C[C@H]1c1cc3c(OC)c4c(c(OC)c3cc12)[C@H]1C[C@@H]4C2C1[C@]1(C)C3C([C@@H]4C[C@H]3c3cc5nc6c(nc5cc34)-c3nc-6c(-c4cc(C(C)(C)C)cc(C(C)(C)C)c4)c4ccc([nH]4)c(-c4cc(C(C)(C)C)cc(C(C)(C)C)c4)c4nc(c(-c5cc(C(C)(C)C)cc(C(C)(C)C)c5)c5ccc([nH]5)c3-c3cc(C(C)(C)C)cc(C(C)(C)C)c3)C=C4)[C@]21C. The van der Waals surface area contributed by atoms with Crippen molar-refractivity contribution in [3.63, 3.8) is 0 Å². The van der Waals surface area contributed by atoms with Gasteiger partial charge in [0.1, 0.15) is 34.3 Å². The van der Waals surface area contributed by atoms with Gasteiger partial charge in [0.25, 0.3) is 0 Å². The molecule has 8 nitrogen and oxygen atoms in total. The molecule has 4 unspecified atom stereocenters. The van der Waals surface area contributed by atoms with Gasteiger partial charge in [-0.3, -0.25) is 0 Å². The second-order valence-corrected chi connectivity index (χ2v) is 48.1. The van der Waals surface area contributed by atoms with Gasteiger partial charge >= 0.3 is 0 Å². The Morgan fingerprint density at radius 1 is 0.317 bits per heavy atom. The number of fused-ring (bicyclic) bond motifs is 39. The number of nitrogens with zero attached hydrogens (tertiary/aromatic N) is 4. The highest BCUT2D eigenvalue weighted by atomic mass is 16.5. The summed E-state index contributed by atoms with van der Waals surface area (Å²) in [7, 11) is 3.86. The summed E-state index contributed by atoms with van der Waals surface area (Å²) < 4.78 is 13.6. The third-order valence-corrected chi connectivity index (χ3v) is 32.8. The van der Waals surface area contributed by atoms with Crippen LogP contribution in [0.25, 0.3) is 123 Å². The number of ether oxygens (including phenoxy) is 2. The minimum Gasteiger partial charge on any atom is -0.496 e. The summed E-state index contributed by atoms with van der Waals surface area (Å²) in [5.41, 5.74) is 39.0. The van der Waals surface area contributed by atoms with Crippen LogP contribution in [0, 0.1) is 34.5 Å². The number of hydrogen-bond acceptors (Lipinski definition) is 6. The molecule has 8 aliphatic carbocycles. The molecule has 21 rings (SSSR count). The molecular formula is C115H128N6O2. The smallest absolute Gasteiger partial charge is 0.130 e. The van der Waals surface area contributed by atoms with Gasteiger partial charge in [-0.25, -0.2) is 19.9 Å². The van der Waals surface area contributed by atoms with E-state index in [9.17, 15) is 0 Å². The van der Waals surface area contributed by atoms with Gasteiger partial charge in [-0.2, -0.15) is 0 Å². The lowest BCUT2D eigenvalue weighted by molar-refractivity contribution is -0.349. The van der Waals surface area contributed by atoms with Crippen molar-refractivity contribution in [2.75, 3.05) is 14.2 Å². The van der Waals surface area contributed by atoms with Crippen LogP contribution in [0.1, 0.15) is 324 Å². The first-order valence-corrected chi connectivity index (χ1v) is 46.1. The molecule has 5 fully saturated rings. The quantitative estimate of drug-likeness (QED) is 0.161. The monoisotopic (exact) mass is 1630 g/mol. The highest BCUT2D eigenvalue weighted by Gasteiger charge is 2.89. The molecule has 6 heterocycles. The molecule has 4 aromatic heterocycles. The van der Waals surface area contributed by atoms with Gasteiger partial charge in [0.05, 0.1) is 36.6 Å². The van der Waals surface area contributed by atoms with Crippen molar-refractivity contribution in [2.45, 2.75) is 278 Å². The zero-order valence-corrected chi connectivity index (χ0v) is 78.6. The largest absolute Gasteiger partial charge is 0.496 e. The Morgan fingerprint density at radius 3 is 0.886 bits per heavy atom. The third kappa shape index (κ3) is 11.3. The average molecular weight is 1630 g/mol. The molecular weight excluding hydrogens is 1500 g/mol. The topological polar surface area (TPSA) is 102 Å². The zero-order valence-electron chi connectivity index (χ0n) is 78.6. The molecule has 8 heteroatoms. The number of methoxy groups -OCH3 is 2. The molecule has 5 saturated carbocycles. The molecule has 12 atom stereocenters. The van der Waals surface area contributed by atoms with E-state index in [0.29, 0.717) is 59.2 Å². The van der Waals surface area contributed by atoms with Gasteiger partial charge in [-0.05, 0) is 282 Å². The van der Waals surface area contributed by atoms with Crippen LogP contribution < -0.4 is 9.47 Å². The number of aromatic amines is 2. The molecule has 630 valence electrons. The van der Waals surface area contributed by atoms with E-state index in [1.165, 1.54) is 99.8 Å². The van der Waals surface area contributed by atoms with Crippen molar-refractivity contribution in [1.29, 1.82) is 0 Å². The second kappa shape index (κ2) is 25.5. The van der Waals surface area contributed by atoms with Crippen molar-refractivity contribution in [2.24, 2.45) is 34.5 Å². The van der Waals surface area contributed by atoms with Gasteiger partial charge in [0.15, 0.2) is 0 Å². The number of aromatic nitrogens is 6. The number of benzene rings is 7. The molecule has 2 N–H and O–H groups in total. The summed E-state index contributed by atoms with van der Waals surface area (Å²) in [6.07, 6.45) is 7.96. The van der Waals surface area contributed by atoms with E-state index in [1.54, 1.807) is 0 Å². The summed E-state index contributed by atoms with van der Waals surface area (Å²) in [4.78, 5) is 33.8. The minimum absolute atomic E-state index is 0.140. The van der Waals surface area contributed by atoms with Crippen molar-refractivity contribution in [3.8, 4) is 78.8 Å². The molecule has 0 amide bonds. The van der Waals surface area contributed by atoms with E-state index in [2.05, 4.69) is 337 Å². The Kier molecular flexibility index (Phi) is 16.6. The normalized spacial score (nSPS) is 24.6. The lowest BCUT2D eigenvalue weighted by atomic mass is 9.20. The van der Waals surface area contributed by atoms with E-state index >= 15 is 0 Å². The first-order valence-electron chi connectivity index (χ1n) is 46.1. The lowest BCUT2D eigenvalue weighted by Crippen LogP contribution is -2.79. The van der Waals surface area contributed by atoms with Gasteiger partial charge < -0.3 is 19.4 Å². The molecule has 2 aliphatic heterocycles. The summed E-state index contributed by atoms with van der Waals surface area (Å²) in [5, 5.41) is 2.41. The third-order valence-electron chi connectivity index (χ3n) is 32.8. The van der Waals surface area contributed by atoms with Crippen LogP contribution in [-0.4, -0.2) is 44.1 Å². The van der Waals surface area contributed by atoms with E-state index in [-0.39, 0.29) is 54.1 Å². The highest BCUT2D eigenvalue weighted by molar-refractivity contribution is 6.06. The van der Waals surface area contributed by atoms with Crippen LogP contribution in [-0.2, 0) is 43.3 Å². The highest BCUT2D eigenvalue weighted by Crippen LogP contribution is 2.96. The van der Waals surface area contributed by atoms with Crippen LogP contribution in [0.15, 0.2) is 146 Å². The van der Waals surface area contributed by atoms with Crippen molar-refractivity contribution < 1.29 is 9.47 Å². The molecule has 0 spiro atoms. The first kappa shape index (κ1) is 80.2. The van der Waals surface area contributed by atoms with Crippen LogP contribution in [0.5, 0.6) is 11.5 Å². The lowest BCUT2D eigenvalue weighted by Gasteiger charge is -2.84. The molecule has 123 heavy (non-hydrogen) atoms. The standard InChI is InChI=1S/C115H128N6O2/c1-56-57(2)71-49-70(56)72-50-78-79(51-73(71)72)105(123-30)95-81-53-80(94(95)104(78)122-29)98-99(81)115(28)97-77-52-76(96(97)114(98,115)27)74-54-88-89(55-75(74)77)120-103-101-93(61-43-68(112(21,22)23)48-69(44-61)113(24,25)26)87-36-34-85(118-87)91(59-39-64(108(9,10)11)46-65(40-59)109(12,13)14)83-32-31-82(116-83)90(58-37-62(106(3,4)5)45-63(38-58)107(6,7)8)84-33-35-86(117-84)92(100(121-101)102(103)119-88)60-41-66(110(15,16)17)47-67(42-60)111(18,19)20/h31-48,50-51,54-55,70-71,76-77,80-81,96-99,117-118H,1-2,49,52-53H2,3-30H3/t70-,71+,76-,77+,80+,81-,96?,97?,98?,99?,114-,115+. The van der Waals surface area contributed by atoms with Gasteiger partial charge in [0, 0.05) is 78.1 Å². The molecule has 11 aromatic rings. The maximum atomic E-state index is 6.80. The molecule has 7 aromatic carbocycles. The Morgan fingerprint density at radius 2 is 0.593 bits per heavy atom. The van der Waals surface area contributed by atoms with E-state index in [1.807, 2.05) is 14.2 Å². The summed E-state index contributed by atoms with van der Waals surface area (Å²) in [6, 6.07) is 48.7. The van der Waals surface area contributed by atoms with E-state index in [0.717, 1.165) is 143 Å².